The van der Waals surface area contributed by atoms with Gasteiger partial charge in [0.25, 0.3) is 5.91 Å². The molecule has 4 aromatic carbocycles. The number of phenols is 1. The molecule has 0 aliphatic rings. The molecule has 0 unspecified atom stereocenters. The lowest BCUT2D eigenvalue weighted by atomic mass is 10.0. The highest BCUT2D eigenvalue weighted by atomic mass is 35.5. The summed E-state index contributed by atoms with van der Waals surface area (Å²) in [6.07, 6.45) is 1.57. The number of fused-ring (bicyclic) bond motifs is 1. The molecule has 9 heteroatoms. The summed E-state index contributed by atoms with van der Waals surface area (Å²) in [5, 5.41) is 19.9. The molecule has 0 aromatic heterocycles. The molecule has 1 amide bonds. The molecule has 36 heavy (non-hydrogen) atoms. The molecule has 0 aliphatic heterocycles. The minimum Gasteiger partial charge on any atom is -0.506 e. The zero-order chi connectivity index (χ0) is 25.5. The standard InChI is InChI=1S/C27H22Cl3N3O3.2H2/c28-22-8-5-17(13-23(22)29)15-31-11-12-36-26-10-7-19(20-3-1-2-4-21(20)26)16-32-33-27(35)18-6-9-25(34)24(30)14-18;;/h1-10,13-14,16,31,34H,11-12,15H2,(H,33,35);2*1H/b32-16+;;. The van der Waals surface area contributed by atoms with Gasteiger partial charge in [-0.25, -0.2) is 5.43 Å². The van der Waals surface area contributed by atoms with E-state index in [1.165, 1.54) is 18.2 Å². The number of hydrogen-bond acceptors (Lipinski definition) is 5. The van der Waals surface area contributed by atoms with E-state index < -0.39 is 5.91 Å². The predicted molar refractivity (Wildman–Crippen MR) is 150 cm³/mol. The van der Waals surface area contributed by atoms with Crippen LogP contribution in [-0.2, 0) is 6.54 Å². The Labute approximate surface area is 226 Å². The monoisotopic (exact) mass is 545 g/mol. The maximum Gasteiger partial charge on any atom is 0.271 e. The fourth-order valence-electron chi connectivity index (χ4n) is 3.52. The number of nitrogens with zero attached hydrogens (tertiary/aromatic N) is 1. The quantitative estimate of drug-likeness (QED) is 0.121. The SMILES string of the molecule is O=C(N/N=C/c1ccc(OCCNCc2ccc(Cl)c(Cl)c2)c2ccccc12)c1ccc(O)c(Cl)c1.[HH].[HH]. The van der Waals surface area contributed by atoms with Crippen LogP contribution in [-0.4, -0.2) is 30.4 Å². The second-order valence-corrected chi connectivity index (χ2v) is 9.06. The van der Waals surface area contributed by atoms with Crippen LogP contribution in [0.5, 0.6) is 11.5 Å². The molecule has 0 radical (unpaired) electrons. The molecule has 0 aliphatic carbocycles. The van der Waals surface area contributed by atoms with Gasteiger partial charge in [0.05, 0.1) is 21.3 Å². The van der Waals surface area contributed by atoms with Gasteiger partial charge in [-0.2, -0.15) is 5.10 Å². The first-order valence-corrected chi connectivity index (χ1v) is 12.2. The third-order valence-corrected chi connectivity index (χ3v) is 6.39. The Bertz CT molecular complexity index is 1440. The zero-order valence-corrected chi connectivity index (χ0v) is 21.2. The first-order chi connectivity index (χ1) is 17.4. The third-order valence-electron chi connectivity index (χ3n) is 5.35. The van der Waals surface area contributed by atoms with E-state index >= 15 is 0 Å². The molecular formula is C27H26Cl3N3O3. The van der Waals surface area contributed by atoms with Gasteiger partial charge in [-0.3, -0.25) is 4.79 Å². The van der Waals surface area contributed by atoms with Gasteiger partial charge in [-0.1, -0.05) is 65.1 Å². The van der Waals surface area contributed by atoms with E-state index in [9.17, 15) is 9.90 Å². The second-order valence-electron chi connectivity index (χ2n) is 7.84. The topological polar surface area (TPSA) is 83.0 Å². The molecule has 0 heterocycles. The van der Waals surface area contributed by atoms with Crippen molar-refractivity contribution in [2.45, 2.75) is 6.54 Å². The lowest BCUT2D eigenvalue weighted by Gasteiger charge is -2.12. The summed E-state index contributed by atoms with van der Waals surface area (Å²) in [6, 6.07) is 21.3. The number of hydrogen-bond donors (Lipinski definition) is 3. The van der Waals surface area contributed by atoms with Crippen molar-refractivity contribution < 1.29 is 17.5 Å². The van der Waals surface area contributed by atoms with Crippen molar-refractivity contribution in [3.8, 4) is 11.5 Å². The van der Waals surface area contributed by atoms with E-state index in [0.717, 1.165) is 27.6 Å². The van der Waals surface area contributed by atoms with Crippen LogP contribution in [0.25, 0.3) is 10.8 Å². The Balaban J connectivity index is 0.00000253. The number of carbonyl (C=O) groups is 1. The average Bonchev–Trinajstić information content (AvgIpc) is 2.88. The Morgan fingerprint density at radius 2 is 1.75 bits per heavy atom. The van der Waals surface area contributed by atoms with Crippen molar-refractivity contribution in [2.24, 2.45) is 5.10 Å². The maximum absolute atomic E-state index is 12.3. The molecule has 0 spiro atoms. The summed E-state index contributed by atoms with van der Waals surface area (Å²) in [7, 11) is 0. The van der Waals surface area contributed by atoms with Gasteiger partial charge in [0, 0.05) is 32.5 Å². The lowest BCUT2D eigenvalue weighted by Crippen LogP contribution is -2.20. The van der Waals surface area contributed by atoms with Gasteiger partial charge >= 0.3 is 0 Å². The number of halogens is 3. The largest absolute Gasteiger partial charge is 0.506 e. The fourth-order valence-corrected chi connectivity index (χ4v) is 4.02. The maximum atomic E-state index is 12.3. The molecule has 4 aromatic rings. The van der Waals surface area contributed by atoms with E-state index in [1.54, 1.807) is 12.3 Å². The summed E-state index contributed by atoms with van der Waals surface area (Å²) < 4.78 is 6.02. The Morgan fingerprint density at radius 1 is 0.944 bits per heavy atom. The van der Waals surface area contributed by atoms with Crippen LogP contribution in [0.2, 0.25) is 15.1 Å². The van der Waals surface area contributed by atoms with E-state index in [0.29, 0.717) is 29.7 Å². The van der Waals surface area contributed by atoms with Crippen LogP contribution < -0.4 is 15.5 Å². The predicted octanol–water partition coefficient (Wildman–Crippen LogP) is 6.93. The average molecular weight is 547 g/mol. The van der Waals surface area contributed by atoms with Gasteiger partial charge in [-0.15, -0.1) is 0 Å². The van der Waals surface area contributed by atoms with Crippen molar-refractivity contribution in [3.05, 3.63) is 105 Å². The van der Waals surface area contributed by atoms with E-state index in [4.69, 9.17) is 39.5 Å². The molecule has 188 valence electrons. The van der Waals surface area contributed by atoms with Gasteiger partial charge in [0.2, 0.25) is 0 Å². The normalized spacial score (nSPS) is 11.2. The third kappa shape index (κ3) is 6.47. The fraction of sp³-hybridized carbons (Fsp3) is 0.111. The van der Waals surface area contributed by atoms with E-state index in [-0.39, 0.29) is 19.2 Å². The van der Waals surface area contributed by atoms with Gasteiger partial charge in [0.15, 0.2) is 0 Å². The van der Waals surface area contributed by atoms with Crippen LogP contribution in [0.4, 0.5) is 0 Å². The van der Waals surface area contributed by atoms with Crippen molar-refractivity contribution >= 4 is 57.7 Å². The van der Waals surface area contributed by atoms with Crippen molar-refractivity contribution in [2.75, 3.05) is 13.2 Å². The van der Waals surface area contributed by atoms with Crippen molar-refractivity contribution in [1.82, 2.24) is 10.7 Å². The molecule has 4 rings (SSSR count). The second kappa shape index (κ2) is 12.1. The van der Waals surface area contributed by atoms with Crippen molar-refractivity contribution in [1.29, 1.82) is 0 Å². The smallest absolute Gasteiger partial charge is 0.271 e. The van der Waals surface area contributed by atoms with E-state index in [1.807, 2.05) is 48.5 Å². The number of rotatable bonds is 9. The van der Waals surface area contributed by atoms with Crippen LogP contribution in [0, 0.1) is 0 Å². The highest BCUT2D eigenvalue weighted by Gasteiger charge is 2.09. The first kappa shape index (κ1) is 25.8. The summed E-state index contributed by atoms with van der Waals surface area (Å²) in [5.74, 6) is 0.223. The number of aromatic hydroxyl groups is 1. The molecule has 0 bridgehead atoms. The van der Waals surface area contributed by atoms with Crippen LogP contribution >= 0.6 is 34.8 Å². The molecule has 6 nitrogen and oxygen atoms in total. The molecular weight excluding hydrogens is 521 g/mol. The van der Waals surface area contributed by atoms with E-state index in [2.05, 4.69) is 15.8 Å². The number of nitrogens with one attached hydrogen (secondary N) is 2. The number of hydrazone groups is 1. The highest BCUT2D eigenvalue weighted by molar-refractivity contribution is 6.42. The lowest BCUT2D eigenvalue weighted by molar-refractivity contribution is 0.0955. The zero-order valence-electron chi connectivity index (χ0n) is 19.0. The van der Waals surface area contributed by atoms with Gasteiger partial charge < -0.3 is 15.2 Å². The molecule has 0 saturated heterocycles. The van der Waals surface area contributed by atoms with Gasteiger partial charge in [-0.05, 0) is 53.4 Å². The minimum atomic E-state index is -0.439. The van der Waals surface area contributed by atoms with Gasteiger partial charge in [0.1, 0.15) is 18.1 Å². The van der Waals surface area contributed by atoms with Crippen molar-refractivity contribution in [3.63, 3.8) is 0 Å². The number of ether oxygens (including phenoxy) is 1. The Morgan fingerprint density at radius 3 is 2.53 bits per heavy atom. The number of benzene rings is 4. The van der Waals surface area contributed by atoms with Crippen LogP contribution in [0.15, 0.2) is 77.9 Å². The number of amides is 1. The first-order valence-electron chi connectivity index (χ1n) is 11.0. The minimum absolute atomic E-state index is 0. The summed E-state index contributed by atoms with van der Waals surface area (Å²) in [4.78, 5) is 12.3. The molecule has 0 saturated carbocycles. The Hall–Kier alpha value is -3.29. The summed E-state index contributed by atoms with van der Waals surface area (Å²) in [5.41, 5.74) is 4.63. The number of carbonyl (C=O) groups excluding carboxylic acids is 1. The van der Waals surface area contributed by atoms with Crippen LogP contribution in [0.3, 0.4) is 0 Å². The summed E-state index contributed by atoms with van der Waals surface area (Å²) >= 11 is 17.9. The molecule has 3 N–H and O–H groups in total. The molecule has 0 atom stereocenters. The molecule has 0 fully saturated rings. The van der Waals surface area contributed by atoms with Crippen LogP contribution in [0.1, 0.15) is 24.3 Å². The highest BCUT2D eigenvalue weighted by Crippen LogP contribution is 2.28. The summed E-state index contributed by atoms with van der Waals surface area (Å²) in [6.45, 7) is 1.77. The Kier molecular flexibility index (Phi) is 8.67. The number of phenolic OH excluding ortho intramolecular Hbond substituents is 1.